The molecule has 0 unspecified atom stereocenters. The highest BCUT2D eigenvalue weighted by Crippen LogP contribution is 2.44. The van der Waals surface area contributed by atoms with Crippen molar-refractivity contribution in [3.8, 4) is 0 Å². The number of nitrogens with zero attached hydrogens (tertiary/aromatic N) is 1. The Morgan fingerprint density at radius 3 is 2.10 bits per heavy atom. The van der Waals surface area contributed by atoms with E-state index < -0.39 is 6.64 Å². The first-order valence-electron chi connectivity index (χ1n) is 7.52. The van der Waals surface area contributed by atoms with Crippen LogP contribution in [0.5, 0.6) is 0 Å². The van der Waals surface area contributed by atoms with Gasteiger partial charge in [0.15, 0.2) is 0 Å². The first-order chi connectivity index (χ1) is 9.30. The van der Waals surface area contributed by atoms with Crippen LogP contribution in [0.3, 0.4) is 0 Å². The normalized spacial score (nSPS) is 20.9. The van der Waals surface area contributed by atoms with E-state index in [0.29, 0.717) is 18.6 Å². The van der Waals surface area contributed by atoms with E-state index in [9.17, 15) is 0 Å². The highest BCUT2D eigenvalue weighted by atomic mass is 32.5. The lowest BCUT2D eigenvalue weighted by molar-refractivity contribution is 0.208. The third kappa shape index (κ3) is 5.80. The fraction of sp³-hybridized carbons (Fsp3) is 0.929. The van der Waals surface area contributed by atoms with Gasteiger partial charge < -0.3 is 9.05 Å². The van der Waals surface area contributed by atoms with Gasteiger partial charge in [0.25, 0.3) is 0 Å². The van der Waals surface area contributed by atoms with Crippen molar-refractivity contribution < 1.29 is 9.05 Å². The molecule has 1 aliphatic carbocycles. The molecule has 1 saturated carbocycles. The van der Waals surface area contributed by atoms with Gasteiger partial charge in [-0.15, -0.1) is 0 Å². The molecule has 0 amide bonds. The maximum atomic E-state index is 5.52. The lowest BCUT2D eigenvalue weighted by Crippen LogP contribution is -2.26. The largest absolute Gasteiger partial charge is 0.313 e. The average molecular weight is 320 g/mol. The van der Waals surface area contributed by atoms with E-state index in [-0.39, 0.29) is 0 Å². The predicted molar refractivity (Wildman–Crippen MR) is 89.5 cm³/mol. The van der Waals surface area contributed by atoms with Crippen molar-refractivity contribution in [2.45, 2.75) is 60.3 Å². The molecule has 0 aromatic heterocycles. The van der Waals surface area contributed by atoms with Crippen molar-refractivity contribution in [3.63, 3.8) is 0 Å². The molecular weight excluding hydrogens is 291 g/mol. The second-order valence-corrected chi connectivity index (χ2v) is 9.40. The van der Waals surface area contributed by atoms with Gasteiger partial charge in [0.05, 0.1) is 13.2 Å². The molecule has 1 aliphatic rings. The van der Waals surface area contributed by atoms with Crippen LogP contribution in [-0.4, -0.2) is 18.9 Å². The molecule has 0 atom stereocenters. The van der Waals surface area contributed by atoms with Crippen LogP contribution in [0.15, 0.2) is 5.10 Å². The molecule has 1 rings (SSSR count). The monoisotopic (exact) mass is 320 g/mol. The number of hydrogen-bond donors (Lipinski definition) is 1. The van der Waals surface area contributed by atoms with Gasteiger partial charge in [-0.05, 0) is 62.7 Å². The van der Waals surface area contributed by atoms with E-state index in [1.54, 1.807) is 0 Å². The Morgan fingerprint density at radius 2 is 1.70 bits per heavy atom. The van der Waals surface area contributed by atoms with Crippen molar-refractivity contribution >= 4 is 24.2 Å². The molecule has 6 heteroatoms. The van der Waals surface area contributed by atoms with Crippen LogP contribution < -0.4 is 5.20 Å². The van der Waals surface area contributed by atoms with E-state index in [2.05, 4.69) is 31.1 Å². The summed E-state index contributed by atoms with van der Waals surface area (Å²) in [6.07, 6.45) is 4.50. The van der Waals surface area contributed by atoms with E-state index in [4.69, 9.17) is 20.9 Å². The molecule has 118 valence electrons. The molecule has 0 saturated heterocycles. The fourth-order valence-corrected chi connectivity index (χ4v) is 4.38. The van der Waals surface area contributed by atoms with Gasteiger partial charge in [-0.2, -0.15) is 5.10 Å². The Bertz CT molecular complexity index is 360. The Kier molecular flexibility index (Phi) is 7.13. The maximum Gasteiger partial charge on any atom is 0.303 e. The van der Waals surface area contributed by atoms with Gasteiger partial charge in [-0.3, -0.25) is 0 Å². The van der Waals surface area contributed by atoms with Gasteiger partial charge in [0.2, 0.25) is 0 Å². The Hall–Kier alpha value is 0.0400. The van der Waals surface area contributed by atoms with E-state index in [0.717, 1.165) is 18.8 Å². The molecule has 1 N–H and O–H groups in total. The quantitative estimate of drug-likeness (QED) is 0.579. The number of hydrogen-bond acceptors (Lipinski definition) is 4. The SMILES string of the molecule is CCOP(=S)(NN=C1CCC(C(C)(C)C)CC1)OCC. The molecule has 0 heterocycles. The number of rotatable bonds is 6. The molecule has 20 heavy (non-hydrogen) atoms. The zero-order valence-electron chi connectivity index (χ0n) is 13.4. The van der Waals surface area contributed by atoms with Gasteiger partial charge in [-0.1, -0.05) is 20.8 Å². The molecule has 4 nitrogen and oxygen atoms in total. The molecule has 1 fully saturated rings. The third-order valence-electron chi connectivity index (χ3n) is 3.72. The summed E-state index contributed by atoms with van der Waals surface area (Å²) in [7, 11) is 0. The highest BCUT2D eigenvalue weighted by Gasteiger charge is 2.28. The van der Waals surface area contributed by atoms with Crippen molar-refractivity contribution in [1.29, 1.82) is 0 Å². The van der Waals surface area contributed by atoms with Crippen LogP contribution in [0.1, 0.15) is 60.3 Å². The molecule has 0 bridgehead atoms. The summed E-state index contributed by atoms with van der Waals surface area (Å²) < 4.78 is 11.0. The van der Waals surface area contributed by atoms with Gasteiger partial charge >= 0.3 is 6.64 Å². The molecule has 0 radical (unpaired) electrons. The molecule has 0 aromatic carbocycles. The summed E-state index contributed by atoms with van der Waals surface area (Å²) >= 11 is 5.40. The van der Waals surface area contributed by atoms with Crippen molar-refractivity contribution in [2.75, 3.05) is 13.2 Å². The minimum atomic E-state index is -2.44. The summed E-state index contributed by atoms with van der Waals surface area (Å²) in [5, 5.41) is 7.46. The second kappa shape index (κ2) is 7.88. The van der Waals surface area contributed by atoms with E-state index >= 15 is 0 Å². The predicted octanol–water partition coefficient (Wildman–Crippen LogP) is 4.47. The summed E-state index contributed by atoms with van der Waals surface area (Å²) in [4.78, 5) is 0. The van der Waals surface area contributed by atoms with Crippen LogP contribution in [0.25, 0.3) is 0 Å². The minimum absolute atomic E-state index is 0.393. The highest BCUT2D eigenvalue weighted by molar-refractivity contribution is 8.08. The van der Waals surface area contributed by atoms with E-state index in [1.165, 1.54) is 18.6 Å². The Balaban J connectivity index is 2.54. The summed E-state index contributed by atoms with van der Waals surface area (Å²) in [5.74, 6) is 0.781. The van der Waals surface area contributed by atoms with Crippen molar-refractivity contribution in [3.05, 3.63) is 0 Å². The zero-order valence-corrected chi connectivity index (χ0v) is 15.2. The smallest absolute Gasteiger partial charge is 0.303 e. The van der Waals surface area contributed by atoms with Crippen LogP contribution in [-0.2, 0) is 20.9 Å². The summed E-state index contributed by atoms with van der Waals surface area (Å²) in [6.45, 7) is 9.45. The average Bonchev–Trinajstić information content (AvgIpc) is 2.37. The van der Waals surface area contributed by atoms with Crippen LogP contribution in [0.4, 0.5) is 0 Å². The van der Waals surface area contributed by atoms with Gasteiger partial charge in [0.1, 0.15) is 0 Å². The van der Waals surface area contributed by atoms with Gasteiger partial charge in [-0.25, -0.2) is 5.20 Å². The summed E-state index contributed by atoms with van der Waals surface area (Å²) in [5.41, 5.74) is 1.59. The van der Waals surface area contributed by atoms with Crippen molar-refractivity contribution in [1.82, 2.24) is 5.20 Å². The first kappa shape index (κ1) is 18.1. The maximum absolute atomic E-state index is 5.52. The Morgan fingerprint density at radius 1 is 1.20 bits per heavy atom. The molecule has 0 aliphatic heterocycles. The van der Waals surface area contributed by atoms with Crippen molar-refractivity contribution in [2.24, 2.45) is 16.4 Å². The standard InChI is InChI=1S/C14H29N2O2PS/c1-6-17-19(20,18-7-2)16-15-13-10-8-12(9-11-13)14(3,4)5/h12H,6-11H2,1-5H3,(H,16,20). The van der Waals surface area contributed by atoms with Crippen LogP contribution >= 0.6 is 6.64 Å². The third-order valence-corrected chi connectivity index (χ3v) is 6.13. The minimum Gasteiger partial charge on any atom is -0.313 e. The number of hydrazone groups is 1. The second-order valence-electron chi connectivity index (χ2n) is 6.25. The first-order valence-corrected chi connectivity index (χ1v) is 10.2. The topological polar surface area (TPSA) is 42.8 Å². The lowest BCUT2D eigenvalue weighted by Gasteiger charge is -2.34. The van der Waals surface area contributed by atoms with Gasteiger partial charge in [0, 0.05) is 5.71 Å². The molecular formula is C14H29N2O2PS. The zero-order chi connectivity index (χ0) is 15.2. The van der Waals surface area contributed by atoms with E-state index in [1.807, 2.05) is 13.8 Å². The molecule has 0 aromatic rings. The Labute approximate surface area is 128 Å². The van der Waals surface area contributed by atoms with Crippen LogP contribution in [0.2, 0.25) is 0 Å². The lowest BCUT2D eigenvalue weighted by atomic mass is 9.72. The van der Waals surface area contributed by atoms with Crippen LogP contribution in [0, 0.1) is 11.3 Å². The summed E-state index contributed by atoms with van der Waals surface area (Å²) in [6, 6.07) is 0. The number of nitrogens with one attached hydrogen (secondary N) is 1. The molecule has 0 spiro atoms. The fourth-order valence-electron chi connectivity index (χ4n) is 2.50.